The van der Waals surface area contributed by atoms with Crippen LogP contribution in [0.3, 0.4) is 0 Å². The molecule has 2 fully saturated rings. The van der Waals surface area contributed by atoms with Gasteiger partial charge in [-0.3, -0.25) is 4.79 Å². The molecule has 1 saturated carbocycles. The van der Waals surface area contributed by atoms with E-state index < -0.39 is 0 Å². The van der Waals surface area contributed by atoms with Gasteiger partial charge in [-0.25, -0.2) is 4.79 Å². The van der Waals surface area contributed by atoms with Gasteiger partial charge in [0.25, 0.3) is 0 Å². The molecule has 6 heteroatoms. The van der Waals surface area contributed by atoms with Gasteiger partial charge in [0.1, 0.15) is 0 Å². The third-order valence-electron chi connectivity index (χ3n) is 5.48. The standard InChI is InChI=1S/C20H23N3O2S/c24-18(21-13-16-7-4-10-26-16)17-11-20(17)8-9-23(14-20)19(25)22-12-15-5-2-1-3-6-15/h1-7,10,17H,8-9,11-14H2,(H,21,24)(H,22,25)/t17-,20-/m1/s1. The summed E-state index contributed by atoms with van der Waals surface area (Å²) in [6.07, 6.45) is 1.81. The molecule has 2 atom stereocenters. The smallest absolute Gasteiger partial charge is 0.317 e. The number of nitrogens with zero attached hydrogens (tertiary/aromatic N) is 1. The summed E-state index contributed by atoms with van der Waals surface area (Å²) in [6.45, 7) is 2.55. The van der Waals surface area contributed by atoms with Crippen molar-refractivity contribution < 1.29 is 9.59 Å². The summed E-state index contributed by atoms with van der Waals surface area (Å²) < 4.78 is 0. The first kappa shape index (κ1) is 17.1. The van der Waals surface area contributed by atoms with Crippen LogP contribution in [0.2, 0.25) is 0 Å². The fourth-order valence-corrected chi connectivity index (χ4v) is 4.48. The van der Waals surface area contributed by atoms with E-state index in [0.717, 1.165) is 24.9 Å². The maximum atomic E-state index is 12.4. The number of nitrogens with one attached hydrogen (secondary N) is 2. The molecule has 2 aliphatic rings. The van der Waals surface area contributed by atoms with E-state index in [1.54, 1.807) is 11.3 Å². The van der Waals surface area contributed by atoms with Crippen molar-refractivity contribution in [2.75, 3.05) is 13.1 Å². The Morgan fingerprint density at radius 3 is 2.73 bits per heavy atom. The van der Waals surface area contributed by atoms with Crippen molar-refractivity contribution in [1.29, 1.82) is 0 Å². The maximum Gasteiger partial charge on any atom is 0.317 e. The van der Waals surface area contributed by atoms with Crippen LogP contribution in [-0.4, -0.2) is 29.9 Å². The van der Waals surface area contributed by atoms with Crippen molar-refractivity contribution >= 4 is 23.3 Å². The van der Waals surface area contributed by atoms with Gasteiger partial charge in [-0.15, -0.1) is 11.3 Å². The van der Waals surface area contributed by atoms with Crippen molar-refractivity contribution in [3.05, 3.63) is 58.3 Å². The van der Waals surface area contributed by atoms with Crippen molar-refractivity contribution in [2.45, 2.75) is 25.9 Å². The quantitative estimate of drug-likeness (QED) is 0.851. The maximum absolute atomic E-state index is 12.4. The van der Waals surface area contributed by atoms with Crippen molar-refractivity contribution in [2.24, 2.45) is 11.3 Å². The van der Waals surface area contributed by atoms with Crippen LogP contribution in [0.15, 0.2) is 47.8 Å². The Labute approximate surface area is 157 Å². The minimum atomic E-state index is -0.0321. The summed E-state index contributed by atoms with van der Waals surface area (Å²) >= 11 is 1.65. The molecule has 136 valence electrons. The molecular formula is C20H23N3O2S. The summed E-state index contributed by atoms with van der Waals surface area (Å²) in [4.78, 5) is 27.9. The fourth-order valence-electron chi connectivity index (χ4n) is 3.83. The lowest BCUT2D eigenvalue weighted by Gasteiger charge is -2.17. The van der Waals surface area contributed by atoms with Crippen molar-refractivity contribution in [3.63, 3.8) is 0 Å². The van der Waals surface area contributed by atoms with E-state index in [1.807, 2.05) is 52.7 Å². The molecule has 5 nitrogen and oxygen atoms in total. The van der Waals surface area contributed by atoms with Gasteiger partial charge in [0.2, 0.25) is 5.91 Å². The second kappa shape index (κ2) is 7.11. The molecule has 1 aliphatic heterocycles. The Morgan fingerprint density at radius 2 is 1.96 bits per heavy atom. The summed E-state index contributed by atoms with van der Waals surface area (Å²) in [5.41, 5.74) is 1.09. The van der Waals surface area contributed by atoms with Crippen molar-refractivity contribution in [1.82, 2.24) is 15.5 Å². The number of hydrogen-bond acceptors (Lipinski definition) is 3. The highest BCUT2D eigenvalue weighted by molar-refractivity contribution is 7.09. The van der Waals surface area contributed by atoms with Crippen LogP contribution in [0.1, 0.15) is 23.3 Å². The van der Waals surface area contributed by atoms with E-state index in [4.69, 9.17) is 0 Å². The molecule has 1 aromatic heterocycles. The first-order valence-corrected chi connectivity index (χ1v) is 9.91. The van der Waals surface area contributed by atoms with Gasteiger partial charge in [-0.05, 0) is 29.9 Å². The molecule has 0 bridgehead atoms. The zero-order valence-corrected chi connectivity index (χ0v) is 15.4. The van der Waals surface area contributed by atoms with Crippen LogP contribution >= 0.6 is 11.3 Å². The van der Waals surface area contributed by atoms with E-state index >= 15 is 0 Å². The fraction of sp³-hybridized carbons (Fsp3) is 0.400. The molecule has 1 aliphatic carbocycles. The molecule has 2 aromatic rings. The highest BCUT2D eigenvalue weighted by Gasteiger charge is 2.61. The topological polar surface area (TPSA) is 61.4 Å². The molecule has 2 heterocycles. The van der Waals surface area contributed by atoms with Gasteiger partial charge in [-0.1, -0.05) is 36.4 Å². The zero-order chi connectivity index (χ0) is 18.0. The highest BCUT2D eigenvalue weighted by Crippen LogP contribution is 2.58. The van der Waals surface area contributed by atoms with Crippen LogP contribution in [-0.2, 0) is 17.9 Å². The van der Waals surface area contributed by atoms with Gasteiger partial charge in [0.15, 0.2) is 0 Å². The predicted octanol–water partition coefficient (Wildman–Crippen LogP) is 2.99. The third-order valence-corrected chi connectivity index (χ3v) is 6.36. The Balaban J connectivity index is 1.24. The lowest BCUT2D eigenvalue weighted by atomic mass is 10.0. The van der Waals surface area contributed by atoms with Gasteiger partial charge in [-0.2, -0.15) is 0 Å². The van der Waals surface area contributed by atoms with E-state index in [2.05, 4.69) is 10.6 Å². The lowest BCUT2D eigenvalue weighted by Crippen LogP contribution is -2.38. The second-order valence-electron chi connectivity index (χ2n) is 7.23. The molecular weight excluding hydrogens is 346 g/mol. The summed E-state index contributed by atoms with van der Waals surface area (Å²) in [7, 11) is 0. The normalized spacial score (nSPS) is 23.8. The van der Waals surface area contributed by atoms with Crippen LogP contribution in [0.5, 0.6) is 0 Å². The van der Waals surface area contributed by atoms with Gasteiger partial charge < -0.3 is 15.5 Å². The summed E-state index contributed by atoms with van der Waals surface area (Å²) in [6, 6.07) is 13.9. The Bertz CT molecular complexity index is 778. The average Bonchev–Trinajstić information content (AvgIpc) is 3.02. The van der Waals surface area contributed by atoms with E-state index in [-0.39, 0.29) is 23.3 Å². The second-order valence-corrected chi connectivity index (χ2v) is 8.26. The molecule has 0 radical (unpaired) electrons. The number of thiophene rings is 1. The van der Waals surface area contributed by atoms with Crippen LogP contribution in [0, 0.1) is 11.3 Å². The van der Waals surface area contributed by atoms with E-state index in [9.17, 15) is 9.59 Å². The van der Waals surface area contributed by atoms with Gasteiger partial charge in [0.05, 0.1) is 6.54 Å². The molecule has 4 rings (SSSR count). The predicted molar refractivity (Wildman–Crippen MR) is 102 cm³/mol. The minimum Gasteiger partial charge on any atom is -0.351 e. The number of hydrogen-bond donors (Lipinski definition) is 2. The minimum absolute atomic E-state index is 0.00359. The number of benzene rings is 1. The number of carbonyl (C=O) groups excluding carboxylic acids is 2. The molecule has 2 N–H and O–H groups in total. The SMILES string of the molecule is O=C(NCc1cccs1)[C@H]1C[C@@]12CCN(C(=O)NCc1ccccc1)C2. The molecule has 0 unspecified atom stereocenters. The zero-order valence-electron chi connectivity index (χ0n) is 14.6. The third kappa shape index (κ3) is 3.60. The Hall–Kier alpha value is -2.34. The monoisotopic (exact) mass is 369 g/mol. The number of carbonyl (C=O) groups is 2. The first-order valence-electron chi connectivity index (χ1n) is 9.03. The lowest BCUT2D eigenvalue weighted by molar-refractivity contribution is -0.123. The molecule has 1 spiro atoms. The van der Waals surface area contributed by atoms with Crippen LogP contribution in [0.25, 0.3) is 0 Å². The number of urea groups is 1. The Morgan fingerprint density at radius 1 is 1.12 bits per heavy atom. The van der Waals surface area contributed by atoms with Gasteiger partial charge in [0, 0.05) is 35.8 Å². The van der Waals surface area contributed by atoms with Crippen molar-refractivity contribution in [3.8, 4) is 0 Å². The van der Waals surface area contributed by atoms with Crippen LogP contribution in [0.4, 0.5) is 4.79 Å². The number of amides is 3. The molecule has 26 heavy (non-hydrogen) atoms. The van der Waals surface area contributed by atoms with E-state index in [1.165, 1.54) is 4.88 Å². The number of likely N-dealkylation sites (tertiary alicyclic amines) is 1. The largest absolute Gasteiger partial charge is 0.351 e. The number of rotatable bonds is 5. The van der Waals surface area contributed by atoms with Crippen LogP contribution < -0.4 is 10.6 Å². The molecule has 1 saturated heterocycles. The molecule has 3 amide bonds. The first-order chi connectivity index (χ1) is 12.7. The molecule has 1 aromatic carbocycles. The van der Waals surface area contributed by atoms with Gasteiger partial charge >= 0.3 is 6.03 Å². The summed E-state index contributed by atoms with van der Waals surface area (Å²) in [5.74, 6) is 0.180. The highest BCUT2D eigenvalue weighted by atomic mass is 32.1. The van der Waals surface area contributed by atoms with E-state index in [0.29, 0.717) is 19.6 Å². The average molecular weight is 369 g/mol. The Kier molecular flexibility index (Phi) is 4.68. The summed E-state index contributed by atoms with van der Waals surface area (Å²) in [5, 5.41) is 8.04.